The van der Waals surface area contributed by atoms with Gasteiger partial charge in [0.2, 0.25) is 0 Å². The molecule has 0 aromatic heterocycles. The molecule has 0 saturated carbocycles. The normalized spacial score (nSPS) is 15.9. The van der Waals surface area contributed by atoms with Gasteiger partial charge in [-0.15, -0.1) is 0 Å². The number of ether oxygens (including phenoxy) is 1. The Bertz CT molecular complexity index is 519. The molecule has 1 saturated heterocycles. The largest absolute Gasteiger partial charge is 0.496 e. The first kappa shape index (κ1) is 13.9. The molecular weight excluding hydrogens is 312 g/mol. The number of likely N-dealkylation sites (N-methyl/N-ethyl adjacent to an activating group) is 1. The molecular formula is C13H15BrN2O3. The summed E-state index contributed by atoms with van der Waals surface area (Å²) in [7, 11) is 3.24. The molecule has 1 aliphatic rings. The van der Waals surface area contributed by atoms with Crippen LogP contribution in [0.4, 0.5) is 0 Å². The average molecular weight is 327 g/mol. The van der Waals surface area contributed by atoms with Gasteiger partial charge in [0.05, 0.1) is 11.6 Å². The van der Waals surface area contributed by atoms with Crippen molar-refractivity contribution in [3.8, 4) is 5.75 Å². The first-order valence-electron chi connectivity index (χ1n) is 5.89. The van der Waals surface area contributed by atoms with Crippen molar-refractivity contribution in [2.24, 2.45) is 0 Å². The topological polar surface area (TPSA) is 49.9 Å². The van der Waals surface area contributed by atoms with Gasteiger partial charge in [0.15, 0.2) is 0 Å². The zero-order valence-electron chi connectivity index (χ0n) is 10.9. The van der Waals surface area contributed by atoms with Crippen LogP contribution >= 0.6 is 15.9 Å². The summed E-state index contributed by atoms with van der Waals surface area (Å²) in [5, 5.41) is 0. The summed E-state index contributed by atoms with van der Waals surface area (Å²) in [6, 6.07) is 5.62. The Hall–Kier alpha value is -1.56. The summed E-state index contributed by atoms with van der Waals surface area (Å²) in [6.07, 6.45) is 0. The quantitative estimate of drug-likeness (QED) is 0.786. The first-order valence-corrected chi connectivity index (χ1v) is 6.69. The predicted molar refractivity (Wildman–Crippen MR) is 73.7 cm³/mol. The van der Waals surface area contributed by atoms with Crippen molar-refractivity contribution in [3.05, 3.63) is 28.2 Å². The maximum atomic E-state index is 11.8. The molecule has 1 aliphatic heterocycles. The van der Waals surface area contributed by atoms with E-state index in [-0.39, 0.29) is 0 Å². The number of carbonyl (C=O) groups excluding carboxylic acids is 2. The lowest BCUT2D eigenvalue weighted by atomic mass is 10.2. The van der Waals surface area contributed by atoms with Crippen molar-refractivity contribution in [3.63, 3.8) is 0 Å². The molecule has 1 fully saturated rings. The van der Waals surface area contributed by atoms with E-state index in [2.05, 4.69) is 15.9 Å². The lowest BCUT2D eigenvalue weighted by Crippen LogP contribution is -2.52. The van der Waals surface area contributed by atoms with Crippen LogP contribution in [0.15, 0.2) is 22.7 Å². The van der Waals surface area contributed by atoms with Gasteiger partial charge in [0, 0.05) is 26.7 Å². The molecule has 2 rings (SSSR count). The van der Waals surface area contributed by atoms with Gasteiger partial charge in [-0.2, -0.15) is 0 Å². The van der Waals surface area contributed by atoms with Crippen LogP contribution in [0.3, 0.4) is 0 Å². The van der Waals surface area contributed by atoms with Crippen molar-refractivity contribution >= 4 is 27.7 Å². The highest BCUT2D eigenvalue weighted by molar-refractivity contribution is 9.10. The fourth-order valence-corrected chi connectivity index (χ4v) is 2.54. The number of amides is 2. The standard InChI is InChI=1S/C13H15BrN2O3/c1-15-5-6-16(13(18)12(15)17)8-9-3-4-11(19-2)10(14)7-9/h3-4,7H,5-6,8H2,1-2H3. The lowest BCUT2D eigenvalue weighted by molar-refractivity contribution is -0.155. The Morgan fingerprint density at radius 3 is 2.63 bits per heavy atom. The summed E-state index contributed by atoms with van der Waals surface area (Å²) in [6.45, 7) is 1.56. The first-order chi connectivity index (χ1) is 9.02. The van der Waals surface area contributed by atoms with Gasteiger partial charge >= 0.3 is 11.8 Å². The number of hydrogen-bond donors (Lipinski definition) is 0. The van der Waals surface area contributed by atoms with E-state index < -0.39 is 11.8 Å². The molecule has 5 nitrogen and oxygen atoms in total. The second-order valence-corrected chi connectivity index (χ2v) is 5.28. The van der Waals surface area contributed by atoms with Crippen LogP contribution in [0.2, 0.25) is 0 Å². The smallest absolute Gasteiger partial charge is 0.312 e. The number of benzene rings is 1. The van der Waals surface area contributed by atoms with E-state index in [1.165, 1.54) is 4.90 Å². The number of piperazine rings is 1. The number of carbonyl (C=O) groups is 2. The molecule has 19 heavy (non-hydrogen) atoms. The Morgan fingerprint density at radius 1 is 1.26 bits per heavy atom. The van der Waals surface area contributed by atoms with E-state index in [9.17, 15) is 9.59 Å². The Kier molecular flexibility index (Phi) is 4.09. The maximum Gasteiger partial charge on any atom is 0.312 e. The fourth-order valence-electron chi connectivity index (χ4n) is 1.95. The van der Waals surface area contributed by atoms with E-state index >= 15 is 0 Å². The van der Waals surface area contributed by atoms with Gasteiger partial charge in [-0.25, -0.2) is 0 Å². The minimum Gasteiger partial charge on any atom is -0.496 e. The summed E-state index contributed by atoms with van der Waals surface area (Å²) in [5.41, 5.74) is 0.957. The number of hydrogen-bond acceptors (Lipinski definition) is 3. The fraction of sp³-hybridized carbons (Fsp3) is 0.385. The molecule has 0 N–H and O–H groups in total. The van der Waals surface area contributed by atoms with Gasteiger partial charge in [-0.3, -0.25) is 9.59 Å². The number of methoxy groups -OCH3 is 1. The van der Waals surface area contributed by atoms with Crippen molar-refractivity contribution in [1.82, 2.24) is 9.80 Å². The molecule has 1 heterocycles. The van der Waals surface area contributed by atoms with Gasteiger partial charge in [-0.05, 0) is 33.6 Å². The average Bonchev–Trinajstić information content (AvgIpc) is 2.40. The van der Waals surface area contributed by atoms with Crippen molar-refractivity contribution in [2.45, 2.75) is 6.54 Å². The van der Waals surface area contributed by atoms with Crippen LogP contribution in [0, 0.1) is 0 Å². The van der Waals surface area contributed by atoms with Gasteiger partial charge in [0.25, 0.3) is 0 Å². The zero-order chi connectivity index (χ0) is 14.0. The number of nitrogens with zero attached hydrogens (tertiary/aromatic N) is 2. The SMILES string of the molecule is COc1ccc(CN2CCN(C)C(=O)C2=O)cc1Br. The van der Waals surface area contributed by atoms with Gasteiger partial charge in [-0.1, -0.05) is 6.07 Å². The van der Waals surface area contributed by atoms with E-state index in [1.807, 2.05) is 18.2 Å². The molecule has 0 atom stereocenters. The summed E-state index contributed by atoms with van der Waals surface area (Å²) in [4.78, 5) is 26.5. The van der Waals surface area contributed by atoms with Crippen molar-refractivity contribution < 1.29 is 14.3 Å². The minimum absolute atomic E-state index is 0.432. The number of rotatable bonds is 3. The summed E-state index contributed by atoms with van der Waals surface area (Å²) < 4.78 is 5.99. The molecule has 1 aromatic carbocycles. The summed E-state index contributed by atoms with van der Waals surface area (Å²) in [5.74, 6) is -0.149. The van der Waals surface area contributed by atoms with Crippen LogP contribution in [0.5, 0.6) is 5.75 Å². The van der Waals surface area contributed by atoms with E-state index in [0.717, 1.165) is 15.8 Å². The van der Waals surface area contributed by atoms with Crippen LogP contribution in [0.1, 0.15) is 5.56 Å². The van der Waals surface area contributed by atoms with E-state index in [0.29, 0.717) is 19.6 Å². The molecule has 2 amide bonds. The second kappa shape index (κ2) is 5.61. The zero-order valence-corrected chi connectivity index (χ0v) is 12.4. The van der Waals surface area contributed by atoms with Crippen LogP contribution in [0.25, 0.3) is 0 Å². The predicted octanol–water partition coefficient (Wildman–Crippen LogP) is 1.26. The Labute approximate surface area is 120 Å². The lowest BCUT2D eigenvalue weighted by Gasteiger charge is -2.31. The third kappa shape index (κ3) is 2.89. The van der Waals surface area contributed by atoms with Crippen molar-refractivity contribution in [2.75, 3.05) is 27.2 Å². The Morgan fingerprint density at radius 2 is 2.00 bits per heavy atom. The molecule has 0 radical (unpaired) electrons. The van der Waals surface area contributed by atoms with E-state index in [4.69, 9.17) is 4.74 Å². The highest BCUT2D eigenvalue weighted by atomic mass is 79.9. The second-order valence-electron chi connectivity index (χ2n) is 4.42. The number of halogens is 1. The molecule has 0 unspecified atom stereocenters. The maximum absolute atomic E-state index is 11.8. The van der Waals surface area contributed by atoms with Gasteiger partial charge in [0.1, 0.15) is 5.75 Å². The van der Waals surface area contributed by atoms with E-state index in [1.54, 1.807) is 19.1 Å². The highest BCUT2D eigenvalue weighted by Crippen LogP contribution is 2.26. The molecule has 102 valence electrons. The summed E-state index contributed by atoms with van der Waals surface area (Å²) >= 11 is 3.41. The van der Waals surface area contributed by atoms with Crippen LogP contribution < -0.4 is 4.74 Å². The van der Waals surface area contributed by atoms with Gasteiger partial charge < -0.3 is 14.5 Å². The molecule has 0 bridgehead atoms. The monoisotopic (exact) mass is 326 g/mol. The minimum atomic E-state index is -0.446. The highest BCUT2D eigenvalue weighted by Gasteiger charge is 2.30. The molecule has 0 spiro atoms. The van der Waals surface area contributed by atoms with Crippen LogP contribution in [-0.2, 0) is 16.1 Å². The van der Waals surface area contributed by atoms with Crippen LogP contribution in [-0.4, -0.2) is 48.9 Å². The van der Waals surface area contributed by atoms with Crippen molar-refractivity contribution in [1.29, 1.82) is 0 Å². The third-order valence-corrected chi connectivity index (χ3v) is 3.73. The molecule has 1 aromatic rings. The Balaban J connectivity index is 2.11. The third-order valence-electron chi connectivity index (χ3n) is 3.11. The molecule has 0 aliphatic carbocycles. The molecule has 6 heteroatoms.